The number of carbonyl (C=O) groups is 1. The zero-order chi connectivity index (χ0) is 14.0. The summed E-state index contributed by atoms with van der Waals surface area (Å²) in [4.78, 5) is 13.4. The lowest BCUT2D eigenvalue weighted by atomic mass is 10.1. The molecule has 0 saturated carbocycles. The fourth-order valence-electron chi connectivity index (χ4n) is 1.66. The van der Waals surface area contributed by atoms with Gasteiger partial charge in [-0.3, -0.25) is 4.79 Å². The fraction of sp³-hybridized carbons (Fsp3) is 0.0714. The lowest BCUT2D eigenvalue weighted by Crippen LogP contribution is -2.26. The Morgan fingerprint density at radius 3 is 2.53 bits per heavy atom. The Morgan fingerprint density at radius 2 is 1.89 bits per heavy atom. The van der Waals surface area contributed by atoms with E-state index in [0.717, 1.165) is 6.07 Å². The van der Waals surface area contributed by atoms with Crippen LogP contribution in [0.25, 0.3) is 0 Å². The highest BCUT2D eigenvalue weighted by Crippen LogP contribution is 2.18. The molecule has 2 N–H and O–H groups in total. The van der Waals surface area contributed by atoms with E-state index in [1.54, 1.807) is 6.07 Å². The van der Waals surface area contributed by atoms with Crippen LogP contribution in [0.15, 0.2) is 42.5 Å². The van der Waals surface area contributed by atoms with Crippen LogP contribution < -0.4 is 10.6 Å². The van der Waals surface area contributed by atoms with Crippen LogP contribution in [0.2, 0.25) is 0 Å². The maximum absolute atomic E-state index is 13.3. The van der Waals surface area contributed by atoms with E-state index < -0.39 is 17.5 Å². The number of nitrogens with zero attached hydrogens (tertiary/aromatic N) is 1. The van der Waals surface area contributed by atoms with Crippen LogP contribution in [0.1, 0.15) is 10.4 Å². The Hall–Kier alpha value is -2.43. The highest BCUT2D eigenvalue weighted by molar-refractivity contribution is 6.05. The van der Waals surface area contributed by atoms with Gasteiger partial charge >= 0.3 is 0 Å². The highest BCUT2D eigenvalue weighted by Gasteiger charge is 2.15. The number of nitrogen functional groups attached to an aromatic ring is 1. The van der Waals surface area contributed by atoms with Crippen molar-refractivity contribution in [2.45, 2.75) is 0 Å². The first-order chi connectivity index (χ1) is 8.99. The Kier molecular flexibility index (Phi) is 3.46. The van der Waals surface area contributed by atoms with Gasteiger partial charge in [-0.1, -0.05) is 6.07 Å². The summed E-state index contributed by atoms with van der Waals surface area (Å²) in [5.41, 5.74) is 5.87. The Labute approximate surface area is 109 Å². The number of amides is 1. The average Bonchev–Trinajstić information content (AvgIpc) is 2.40. The molecule has 5 heteroatoms. The standard InChI is InChI=1S/C14H12F2N2O/c1-18(11-4-2-3-10(15)8-11)14(19)9-5-6-13(17)12(16)7-9/h2-8H,17H2,1H3. The number of anilines is 2. The van der Waals surface area contributed by atoms with Crippen molar-refractivity contribution in [1.82, 2.24) is 0 Å². The number of hydrogen-bond donors (Lipinski definition) is 1. The van der Waals surface area contributed by atoms with E-state index in [-0.39, 0.29) is 11.3 Å². The molecule has 3 nitrogen and oxygen atoms in total. The summed E-state index contributed by atoms with van der Waals surface area (Å²) in [6.07, 6.45) is 0. The third-order valence-corrected chi connectivity index (χ3v) is 2.75. The van der Waals surface area contributed by atoms with E-state index in [0.29, 0.717) is 5.69 Å². The number of nitrogens with two attached hydrogens (primary N) is 1. The third kappa shape index (κ3) is 2.70. The van der Waals surface area contributed by atoms with Crippen LogP contribution in [0.4, 0.5) is 20.2 Å². The maximum atomic E-state index is 13.3. The van der Waals surface area contributed by atoms with Gasteiger partial charge in [-0.15, -0.1) is 0 Å². The second kappa shape index (κ2) is 5.06. The number of halogens is 2. The second-order valence-corrected chi connectivity index (χ2v) is 4.08. The monoisotopic (exact) mass is 262 g/mol. The molecule has 2 aromatic carbocycles. The second-order valence-electron chi connectivity index (χ2n) is 4.08. The normalized spacial score (nSPS) is 10.3. The highest BCUT2D eigenvalue weighted by atomic mass is 19.1. The van der Waals surface area contributed by atoms with Crippen molar-refractivity contribution >= 4 is 17.3 Å². The quantitative estimate of drug-likeness (QED) is 0.846. The Bertz CT molecular complexity index is 629. The van der Waals surface area contributed by atoms with E-state index in [4.69, 9.17) is 5.73 Å². The van der Waals surface area contributed by atoms with Gasteiger partial charge in [-0.25, -0.2) is 8.78 Å². The summed E-state index contributed by atoms with van der Waals surface area (Å²) in [6.45, 7) is 0. The molecular formula is C14H12F2N2O. The fourth-order valence-corrected chi connectivity index (χ4v) is 1.66. The zero-order valence-corrected chi connectivity index (χ0v) is 10.2. The lowest BCUT2D eigenvalue weighted by molar-refractivity contribution is 0.0992. The molecule has 0 aliphatic carbocycles. The first-order valence-corrected chi connectivity index (χ1v) is 5.57. The lowest BCUT2D eigenvalue weighted by Gasteiger charge is -2.17. The molecule has 0 atom stereocenters. The average molecular weight is 262 g/mol. The molecule has 2 aromatic rings. The Morgan fingerprint density at radius 1 is 1.16 bits per heavy atom. The molecule has 0 unspecified atom stereocenters. The minimum Gasteiger partial charge on any atom is -0.396 e. The largest absolute Gasteiger partial charge is 0.396 e. The van der Waals surface area contributed by atoms with Crippen molar-refractivity contribution in [3.63, 3.8) is 0 Å². The van der Waals surface area contributed by atoms with Gasteiger partial charge in [0.05, 0.1) is 5.69 Å². The van der Waals surface area contributed by atoms with Crippen molar-refractivity contribution in [3.8, 4) is 0 Å². The first kappa shape index (κ1) is 13.0. The van der Waals surface area contributed by atoms with Crippen molar-refractivity contribution in [1.29, 1.82) is 0 Å². The van der Waals surface area contributed by atoms with Crippen LogP contribution in [0.3, 0.4) is 0 Å². The van der Waals surface area contributed by atoms with Gasteiger partial charge in [0.2, 0.25) is 0 Å². The molecule has 0 aliphatic rings. The van der Waals surface area contributed by atoms with E-state index >= 15 is 0 Å². The summed E-state index contributed by atoms with van der Waals surface area (Å²) < 4.78 is 26.4. The molecule has 98 valence electrons. The third-order valence-electron chi connectivity index (χ3n) is 2.75. The van der Waals surface area contributed by atoms with Crippen molar-refractivity contribution in [3.05, 3.63) is 59.7 Å². The van der Waals surface area contributed by atoms with Gasteiger partial charge < -0.3 is 10.6 Å². The van der Waals surface area contributed by atoms with Crippen molar-refractivity contribution < 1.29 is 13.6 Å². The van der Waals surface area contributed by atoms with E-state index in [2.05, 4.69) is 0 Å². The van der Waals surface area contributed by atoms with Crippen LogP contribution in [-0.4, -0.2) is 13.0 Å². The number of benzene rings is 2. The molecule has 0 saturated heterocycles. The molecular weight excluding hydrogens is 250 g/mol. The molecule has 19 heavy (non-hydrogen) atoms. The van der Waals surface area contributed by atoms with Crippen LogP contribution in [0.5, 0.6) is 0 Å². The van der Waals surface area contributed by atoms with Crippen LogP contribution >= 0.6 is 0 Å². The minimum absolute atomic E-state index is 0.0232. The molecule has 0 aromatic heterocycles. The smallest absolute Gasteiger partial charge is 0.258 e. The molecule has 1 amide bonds. The molecule has 0 fully saturated rings. The van der Waals surface area contributed by atoms with Crippen LogP contribution in [-0.2, 0) is 0 Å². The number of carbonyl (C=O) groups excluding carboxylic acids is 1. The van der Waals surface area contributed by atoms with Gasteiger partial charge in [0.15, 0.2) is 0 Å². The molecule has 0 radical (unpaired) electrons. The van der Waals surface area contributed by atoms with Gasteiger partial charge in [-0.2, -0.15) is 0 Å². The summed E-state index contributed by atoms with van der Waals surface area (Å²) in [5.74, 6) is -1.54. The van der Waals surface area contributed by atoms with Gasteiger partial charge in [0.25, 0.3) is 5.91 Å². The van der Waals surface area contributed by atoms with Gasteiger partial charge in [0.1, 0.15) is 11.6 Å². The topological polar surface area (TPSA) is 46.3 Å². The minimum atomic E-state index is -0.654. The summed E-state index contributed by atoms with van der Waals surface area (Å²) in [7, 11) is 1.49. The summed E-state index contributed by atoms with van der Waals surface area (Å²) >= 11 is 0. The summed E-state index contributed by atoms with van der Waals surface area (Å²) in [6, 6.07) is 9.41. The first-order valence-electron chi connectivity index (χ1n) is 5.57. The molecule has 0 spiro atoms. The number of hydrogen-bond acceptors (Lipinski definition) is 2. The van der Waals surface area contributed by atoms with Gasteiger partial charge in [0, 0.05) is 18.3 Å². The molecule has 0 aliphatic heterocycles. The van der Waals surface area contributed by atoms with Crippen molar-refractivity contribution in [2.24, 2.45) is 0 Å². The number of rotatable bonds is 2. The predicted octanol–water partition coefficient (Wildman–Crippen LogP) is 2.82. The molecule has 0 heterocycles. The molecule has 2 rings (SSSR count). The molecule has 0 bridgehead atoms. The van der Waals surface area contributed by atoms with Crippen LogP contribution in [0, 0.1) is 11.6 Å². The zero-order valence-electron chi connectivity index (χ0n) is 10.2. The van der Waals surface area contributed by atoms with E-state index in [1.807, 2.05) is 0 Å². The summed E-state index contributed by atoms with van der Waals surface area (Å²) in [5, 5.41) is 0. The predicted molar refractivity (Wildman–Crippen MR) is 69.9 cm³/mol. The maximum Gasteiger partial charge on any atom is 0.258 e. The van der Waals surface area contributed by atoms with E-state index in [9.17, 15) is 13.6 Å². The Balaban J connectivity index is 2.30. The van der Waals surface area contributed by atoms with E-state index in [1.165, 1.54) is 42.3 Å². The van der Waals surface area contributed by atoms with Crippen molar-refractivity contribution in [2.75, 3.05) is 17.7 Å². The SMILES string of the molecule is CN(C(=O)c1ccc(N)c(F)c1)c1cccc(F)c1. The van der Waals surface area contributed by atoms with Gasteiger partial charge in [-0.05, 0) is 36.4 Å².